The van der Waals surface area contributed by atoms with Crippen molar-refractivity contribution in [3.05, 3.63) is 22.3 Å². The number of halogens is 1. The third-order valence-electron chi connectivity index (χ3n) is 2.65. The van der Waals surface area contributed by atoms with Gasteiger partial charge in [-0.1, -0.05) is 0 Å². The third-order valence-corrected chi connectivity index (χ3v) is 3.49. The number of hydrogen-bond donors (Lipinski definition) is 1. The van der Waals surface area contributed by atoms with Crippen molar-refractivity contribution in [1.82, 2.24) is 9.88 Å². The van der Waals surface area contributed by atoms with Gasteiger partial charge in [0.25, 0.3) is 0 Å². The molecule has 1 aromatic heterocycles. The van der Waals surface area contributed by atoms with Crippen LogP contribution in [0.5, 0.6) is 0 Å². The monoisotopic (exact) mass is 283 g/mol. The molecule has 1 aliphatic rings. The number of amides is 2. The van der Waals surface area contributed by atoms with Gasteiger partial charge in [0.2, 0.25) is 0 Å². The molecular weight excluding hydrogens is 270 g/mol. The number of likely N-dealkylation sites (tertiary alicyclic amines) is 1. The molecule has 0 unspecified atom stereocenters. The Hall–Kier alpha value is -1.10. The van der Waals surface area contributed by atoms with E-state index in [2.05, 4.69) is 26.2 Å². The van der Waals surface area contributed by atoms with Gasteiger partial charge >= 0.3 is 6.03 Å². The quantitative estimate of drug-likeness (QED) is 0.861. The number of nitrogens with zero attached hydrogens (tertiary/aromatic N) is 2. The van der Waals surface area contributed by atoms with E-state index in [9.17, 15) is 4.79 Å². The number of carbonyl (C=O) groups excluding carboxylic acids is 1. The predicted molar refractivity (Wildman–Crippen MR) is 66.5 cm³/mol. The fourth-order valence-electron chi connectivity index (χ4n) is 1.72. The summed E-state index contributed by atoms with van der Waals surface area (Å²) in [6, 6.07) is 3.64. The highest BCUT2D eigenvalue weighted by molar-refractivity contribution is 9.10. The van der Waals surface area contributed by atoms with E-state index in [4.69, 9.17) is 0 Å². The predicted octanol–water partition coefficient (Wildman–Crippen LogP) is 2.78. The minimum Gasteiger partial charge on any atom is -0.324 e. The zero-order valence-corrected chi connectivity index (χ0v) is 10.7. The number of pyridine rings is 1. The minimum atomic E-state index is -0.0493. The Morgan fingerprint density at radius 3 is 2.75 bits per heavy atom. The van der Waals surface area contributed by atoms with Crippen LogP contribution in [0.15, 0.2) is 16.6 Å². The maximum absolute atomic E-state index is 11.8. The van der Waals surface area contributed by atoms with Crippen LogP contribution in [0, 0.1) is 6.92 Å². The molecule has 2 amide bonds. The number of carbonyl (C=O) groups is 1. The van der Waals surface area contributed by atoms with Gasteiger partial charge in [0, 0.05) is 17.6 Å². The van der Waals surface area contributed by atoms with Crippen LogP contribution in [0.1, 0.15) is 18.5 Å². The van der Waals surface area contributed by atoms with Gasteiger partial charge < -0.3 is 4.90 Å². The summed E-state index contributed by atoms with van der Waals surface area (Å²) in [6.45, 7) is 3.60. The van der Waals surface area contributed by atoms with E-state index in [1.54, 1.807) is 6.07 Å². The van der Waals surface area contributed by atoms with Crippen LogP contribution >= 0.6 is 15.9 Å². The first-order valence-electron chi connectivity index (χ1n) is 5.36. The molecule has 0 spiro atoms. The lowest BCUT2D eigenvalue weighted by molar-refractivity contribution is 0.222. The van der Waals surface area contributed by atoms with Crippen LogP contribution in [0.2, 0.25) is 0 Å². The molecule has 0 aromatic carbocycles. The lowest BCUT2D eigenvalue weighted by Crippen LogP contribution is -2.32. The number of urea groups is 1. The van der Waals surface area contributed by atoms with Crippen molar-refractivity contribution in [2.75, 3.05) is 18.4 Å². The van der Waals surface area contributed by atoms with Gasteiger partial charge in [0.15, 0.2) is 0 Å². The number of hydrogen-bond acceptors (Lipinski definition) is 2. The van der Waals surface area contributed by atoms with Crippen molar-refractivity contribution in [3.63, 3.8) is 0 Å². The number of nitrogens with one attached hydrogen (secondary N) is 1. The smallest absolute Gasteiger partial charge is 0.323 e. The minimum absolute atomic E-state index is 0.0493. The molecule has 4 nitrogen and oxygen atoms in total. The zero-order chi connectivity index (χ0) is 11.5. The first-order chi connectivity index (χ1) is 7.66. The summed E-state index contributed by atoms with van der Waals surface area (Å²) in [4.78, 5) is 17.9. The molecule has 0 radical (unpaired) electrons. The average Bonchev–Trinajstić information content (AvgIpc) is 2.77. The van der Waals surface area contributed by atoms with Gasteiger partial charge in [-0.15, -0.1) is 0 Å². The second-order valence-electron chi connectivity index (χ2n) is 3.89. The van der Waals surface area contributed by atoms with Gasteiger partial charge in [-0.05, 0) is 47.8 Å². The third kappa shape index (κ3) is 2.52. The van der Waals surface area contributed by atoms with Crippen LogP contribution in [0.3, 0.4) is 0 Å². The average molecular weight is 284 g/mol. The number of aromatic nitrogens is 1. The number of rotatable bonds is 1. The highest BCUT2D eigenvalue weighted by atomic mass is 79.9. The largest absolute Gasteiger partial charge is 0.324 e. The highest BCUT2D eigenvalue weighted by Crippen LogP contribution is 2.17. The van der Waals surface area contributed by atoms with Crippen LogP contribution in [-0.4, -0.2) is 29.0 Å². The Labute approximate surface area is 103 Å². The van der Waals surface area contributed by atoms with Gasteiger partial charge in [-0.2, -0.15) is 0 Å². The maximum Gasteiger partial charge on any atom is 0.323 e. The van der Waals surface area contributed by atoms with Crippen LogP contribution in [0.25, 0.3) is 0 Å². The summed E-state index contributed by atoms with van der Waals surface area (Å²) in [5.74, 6) is 0.609. The van der Waals surface area contributed by atoms with Crippen molar-refractivity contribution in [2.24, 2.45) is 0 Å². The summed E-state index contributed by atoms with van der Waals surface area (Å²) in [7, 11) is 0. The standard InChI is InChI=1S/C11H14BrN3O/c1-8-9(12)4-5-10(13-8)14-11(16)15-6-2-3-7-15/h4-5H,2-3,6-7H2,1H3,(H,13,14,16). The highest BCUT2D eigenvalue weighted by Gasteiger charge is 2.18. The van der Waals surface area contributed by atoms with Crippen molar-refractivity contribution in [3.8, 4) is 0 Å². The lowest BCUT2D eigenvalue weighted by Gasteiger charge is -2.15. The molecule has 0 atom stereocenters. The molecule has 16 heavy (non-hydrogen) atoms. The SMILES string of the molecule is Cc1nc(NC(=O)N2CCCC2)ccc1Br. The van der Waals surface area contributed by atoms with Gasteiger partial charge in [0.05, 0.1) is 5.69 Å². The molecule has 1 aliphatic heterocycles. The number of anilines is 1. The Morgan fingerprint density at radius 1 is 1.44 bits per heavy atom. The normalized spacial score (nSPS) is 15.2. The molecule has 1 saturated heterocycles. The van der Waals surface area contributed by atoms with Crippen molar-refractivity contribution < 1.29 is 4.79 Å². The van der Waals surface area contributed by atoms with E-state index >= 15 is 0 Å². The second-order valence-corrected chi connectivity index (χ2v) is 4.74. The van der Waals surface area contributed by atoms with Gasteiger partial charge in [-0.3, -0.25) is 5.32 Å². The molecule has 0 saturated carbocycles. The van der Waals surface area contributed by atoms with Crippen LogP contribution < -0.4 is 5.32 Å². The molecule has 86 valence electrons. The summed E-state index contributed by atoms with van der Waals surface area (Å²) in [5.41, 5.74) is 0.874. The van der Waals surface area contributed by atoms with Crippen LogP contribution in [0.4, 0.5) is 10.6 Å². The lowest BCUT2D eigenvalue weighted by atomic mass is 10.4. The first kappa shape index (κ1) is 11.4. The molecule has 2 rings (SSSR count). The Balaban J connectivity index is 2.02. The molecule has 5 heteroatoms. The molecule has 1 N–H and O–H groups in total. The van der Waals surface area contributed by atoms with E-state index < -0.39 is 0 Å². The van der Waals surface area contributed by atoms with Crippen molar-refractivity contribution in [2.45, 2.75) is 19.8 Å². The fraction of sp³-hybridized carbons (Fsp3) is 0.455. The Kier molecular flexibility index (Phi) is 3.43. The summed E-state index contributed by atoms with van der Waals surface area (Å²) in [6.07, 6.45) is 2.19. The number of aryl methyl sites for hydroxylation is 1. The van der Waals surface area contributed by atoms with E-state index in [-0.39, 0.29) is 6.03 Å². The van der Waals surface area contributed by atoms with E-state index in [1.165, 1.54) is 0 Å². The molecule has 2 heterocycles. The zero-order valence-electron chi connectivity index (χ0n) is 9.16. The summed E-state index contributed by atoms with van der Waals surface area (Å²) in [5, 5.41) is 2.81. The first-order valence-corrected chi connectivity index (χ1v) is 6.15. The van der Waals surface area contributed by atoms with Crippen molar-refractivity contribution in [1.29, 1.82) is 0 Å². The van der Waals surface area contributed by atoms with Crippen LogP contribution in [-0.2, 0) is 0 Å². The molecule has 0 bridgehead atoms. The van der Waals surface area contributed by atoms with Gasteiger partial charge in [0.1, 0.15) is 5.82 Å². The molecule has 0 aliphatic carbocycles. The van der Waals surface area contributed by atoms with Gasteiger partial charge in [-0.25, -0.2) is 9.78 Å². The molecule has 1 aromatic rings. The fourth-order valence-corrected chi connectivity index (χ4v) is 1.94. The molecular formula is C11H14BrN3O. The van der Waals surface area contributed by atoms with E-state index in [1.807, 2.05) is 17.9 Å². The van der Waals surface area contributed by atoms with E-state index in [0.717, 1.165) is 36.1 Å². The molecule has 1 fully saturated rings. The van der Waals surface area contributed by atoms with E-state index in [0.29, 0.717) is 5.82 Å². The maximum atomic E-state index is 11.8. The topological polar surface area (TPSA) is 45.2 Å². The summed E-state index contributed by atoms with van der Waals surface area (Å²) < 4.78 is 0.951. The van der Waals surface area contributed by atoms with Crippen molar-refractivity contribution >= 4 is 27.8 Å². The second kappa shape index (κ2) is 4.82. The Bertz CT molecular complexity index is 402. The Morgan fingerprint density at radius 2 is 2.12 bits per heavy atom. The summed E-state index contributed by atoms with van der Waals surface area (Å²) >= 11 is 3.38.